The summed E-state index contributed by atoms with van der Waals surface area (Å²) in [4.78, 5) is 38.8. The summed E-state index contributed by atoms with van der Waals surface area (Å²) in [5.74, 6) is -0.334. The van der Waals surface area contributed by atoms with E-state index in [1.54, 1.807) is 39.2 Å². The predicted octanol–water partition coefficient (Wildman–Crippen LogP) is 2.45. The van der Waals surface area contributed by atoms with E-state index in [1.807, 2.05) is 0 Å². The van der Waals surface area contributed by atoms with Gasteiger partial charge in [0.1, 0.15) is 6.04 Å². The Morgan fingerprint density at radius 1 is 1.21 bits per heavy atom. The number of nitrogens with zero attached hydrogens (tertiary/aromatic N) is 1. The van der Waals surface area contributed by atoms with Gasteiger partial charge in [0.05, 0.1) is 22.1 Å². The molecule has 2 amide bonds. The zero-order valence-electron chi connectivity index (χ0n) is 16.6. The van der Waals surface area contributed by atoms with Crippen molar-refractivity contribution >= 4 is 40.8 Å². The first-order valence-corrected chi connectivity index (χ1v) is 10.1. The average Bonchev–Trinajstić information content (AvgIpc) is 3.48. The van der Waals surface area contributed by atoms with Crippen molar-refractivity contribution in [2.75, 3.05) is 14.1 Å². The smallest absolute Gasteiger partial charge is 0.243 e. The summed E-state index contributed by atoms with van der Waals surface area (Å²) in [6.07, 6.45) is 2.33. The molecule has 6 nitrogen and oxygen atoms in total. The Balaban J connectivity index is 2.02. The zero-order chi connectivity index (χ0) is 21.0. The van der Waals surface area contributed by atoms with Crippen LogP contribution < -0.4 is 10.6 Å². The minimum atomic E-state index is -0.709. The van der Waals surface area contributed by atoms with Crippen molar-refractivity contribution in [3.05, 3.63) is 33.8 Å². The molecule has 1 saturated carbocycles. The number of carbonyl (C=O) groups excluding carboxylic acids is 3. The fraction of sp³-hybridized carbons (Fsp3) is 0.550. The second kappa shape index (κ2) is 9.72. The van der Waals surface area contributed by atoms with Gasteiger partial charge in [0.15, 0.2) is 5.78 Å². The van der Waals surface area contributed by atoms with E-state index in [4.69, 9.17) is 23.2 Å². The van der Waals surface area contributed by atoms with Crippen LogP contribution in [0.1, 0.15) is 32.3 Å². The van der Waals surface area contributed by atoms with Crippen molar-refractivity contribution in [1.82, 2.24) is 15.5 Å². The summed E-state index contributed by atoms with van der Waals surface area (Å²) < 4.78 is 0. The number of hydrogen-bond donors (Lipinski definition) is 2. The van der Waals surface area contributed by atoms with Crippen LogP contribution in [0.3, 0.4) is 0 Å². The molecular formula is C20H27Cl2N3O3. The van der Waals surface area contributed by atoms with E-state index in [0.717, 1.165) is 18.4 Å². The molecule has 28 heavy (non-hydrogen) atoms. The van der Waals surface area contributed by atoms with Gasteiger partial charge in [0.25, 0.3) is 0 Å². The number of likely N-dealkylation sites (N-methyl/N-ethyl adjacent to an activating group) is 2. The van der Waals surface area contributed by atoms with Gasteiger partial charge in [-0.1, -0.05) is 29.3 Å². The number of amides is 2. The molecule has 0 heterocycles. The number of Topliss-reactive ketones (excluding diaryl/α,β-unsaturated/α-hetero) is 1. The Bertz CT molecular complexity index is 752. The van der Waals surface area contributed by atoms with E-state index in [0.29, 0.717) is 22.4 Å². The molecule has 1 aliphatic rings. The highest BCUT2D eigenvalue weighted by atomic mass is 35.5. The van der Waals surface area contributed by atoms with Gasteiger partial charge in [0, 0.05) is 7.05 Å². The highest BCUT2D eigenvalue weighted by molar-refractivity contribution is 6.42. The lowest BCUT2D eigenvalue weighted by Crippen LogP contribution is -2.54. The number of halogens is 2. The third kappa shape index (κ3) is 5.69. The summed E-state index contributed by atoms with van der Waals surface area (Å²) in [5, 5.41) is 6.62. The lowest BCUT2D eigenvalue weighted by molar-refractivity contribution is -0.140. The van der Waals surface area contributed by atoms with Crippen molar-refractivity contribution in [2.45, 2.75) is 51.2 Å². The van der Waals surface area contributed by atoms with E-state index in [2.05, 4.69) is 10.6 Å². The van der Waals surface area contributed by atoms with Crippen LogP contribution in [0.5, 0.6) is 0 Å². The Hall–Kier alpha value is -1.63. The van der Waals surface area contributed by atoms with E-state index in [9.17, 15) is 14.4 Å². The van der Waals surface area contributed by atoms with Crippen molar-refractivity contribution in [2.24, 2.45) is 5.92 Å². The number of carbonyl (C=O) groups is 3. The van der Waals surface area contributed by atoms with Crippen LogP contribution in [-0.4, -0.2) is 54.7 Å². The molecule has 8 heteroatoms. The molecule has 1 aliphatic carbocycles. The largest absolute Gasteiger partial charge is 0.344 e. The first-order chi connectivity index (χ1) is 13.1. The molecule has 3 atom stereocenters. The number of ketones is 1. The predicted molar refractivity (Wildman–Crippen MR) is 111 cm³/mol. The first-order valence-electron chi connectivity index (χ1n) is 9.34. The molecule has 0 saturated heterocycles. The summed E-state index contributed by atoms with van der Waals surface area (Å²) >= 11 is 12.0. The zero-order valence-corrected chi connectivity index (χ0v) is 18.1. The van der Waals surface area contributed by atoms with Crippen molar-refractivity contribution < 1.29 is 14.4 Å². The number of benzene rings is 1. The quantitative estimate of drug-likeness (QED) is 0.634. The second-order valence-electron chi connectivity index (χ2n) is 7.35. The number of hydrogen-bond acceptors (Lipinski definition) is 4. The summed E-state index contributed by atoms with van der Waals surface area (Å²) in [6, 6.07) is 3.42. The van der Waals surface area contributed by atoms with Gasteiger partial charge in [-0.25, -0.2) is 0 Å². The van der Waals surface area contributed by atoms with Crippen molar-refractivity contribution in [3.8, 4) is 0 Å². The molecule has 1 fully saturated rings. The summed E-state index contributed by atoms with van der Waals surface area (Å²) in [6.45, 7) is 3.08. The lowest BCUT2D eigenvalue weighted by atomic mass is 10.0. The minimum Gasteiger partial charge on any atom is -0.344 e. The molecule has 0 radical (unpaired) electrons. The van der Waals surface area contributed by atoms with Gasteiger partial charge in [0.2, 0.25) is 11.8 Å². The van der Waals surface area contributed by atoms with Gasteiger partial charge in [-0.15, -0.1) is 0 Å². The maximum atomic E-state index is 12.7. The highest BCUT2D eigenvalue weighted by Gasteiger charge is 2.38. The topological polar surface area (TPSA) is 78.5 Å². The monoisotopic (exact) mass is 427 g/mol. The molecule has 1 aromatic rings. The Kier molecular flexibility index (Phi) is 7.87. The van der Waals surface area contributed by atoms with E-state index in [1.165, 1.54) is 11.8 Å². The van der Waals surface area contributed by atoms with Gasteiger partial charge < -0.3 is 15.5 Å². The Labute approximate surface area is 175 Å². The van der Waals surface area contributed by atoms with Gasteiger partial charge in [-0.2, -0.15) is 0 Å². The highest BCUT2D eigenvalue weighted by Crippen LogP contribution is 2.33. The fourth-order valence-corrected chi connectivity index (χ4v) is 3.39. The van der Waals surface area contributed by atoms with Crippen LogP contribution in [0.4, 0.5) is 0 Å². The number of nitrogens with one attached hydrogen (secondary N) is 2. The van der Waals surface area contributed by atoms with Crippen molar-refractivity contribution in [1.29, 1.82) is 0 Å². The molecule has 154 valence electrons. The molecular weight excluding hydrogens is 401 g/mol. The standard InChI is InChI=1S/C20H27Cl2N3O3/c1-11(25(4)20(28)18(23-3)14-6-7-14)19(27)24-17(12(2)26)10-13-5-8-15(21)16(22)9-13/h5,8-9,11,14,17-18,23H,6-7,10H2,1-4H3,(H,24,27)/t11-,17-,18+/m1/s1. The fourth-order valence-electron chi connectivity index (χ4n) is 3.07. The normalized spacial score (nSPS) is 16.8. The molecule has 0 unspecified atom stereocenters. The Morgan fingerprint density at radius 3 is 2.36 bits per heavy atom. The third-order valence-electron chi connectivity index (χ3n) is 5.21. The van der Waals surface area contributed by atoms with Gasteiger partial charge in [-0.3, -0.25) is 14.4 Å². The molecule has 2 N–H and O–H groups in total. The maximum Gasteiger partial charge on any atom is 0.243 e. The SMILES string of the molecule is CN[C@H](C(=O)N(C)[C@H](C)C(=O)N[C@H](Cc1ccc(Cl)c(Cl)c1)C(C)=O)C1CC1. The maximum absolute atomic E-state index is 12.7. The molecule has 0 spiro atoms. The van der Waals surface area contributed by atoms with Crippen LogP contribution in [0.2, 0.25) is 10.0 Å². The first kappa shape index (κ1) is 22.7. The molecule has 2 rings (SSSR count). The number of rotatable bonds is 9. The van der Waals surface area contributed by atoms with Crippen LogP contribution in [-0.2, 0) is 20.8 Å². The summed E-state index contributed by atoms with van der Waals surface area (Å²) in [7, 11) is 3.36. The minimum absolute atomic E-state index is 0.114. The van der Waals surface area contributed by atoms with Gasteiger partial charge >= 0.3 is 0 Å². The average molecular weight is 428 g/mol. The second-order valence-corrected chi connectivity index (χ2v) is 8.17. The van der Waals surface area contributed by atoms with E-state index in [-0.39, 0.29) is 23.6 Å². The van der Waals surface area contributed by atoms with Crippen LogP contribution >= 0.6 is 23.2 Å². The Morgan fingerprint density at radius 2 is 1.86 bits per heavy atom. The van der Waals surface area contributed by atoms with Crippen molar-refractivity contribution in [3.63, 3.8) is 0 Å². The van der Waals surface area contributed by atoms with Gasteiger partial charge in [-0.05, 0) is 63.8 Å². The lowest BCUT2D eigenvalue weighted by Gasteiger charge is -2.29. The van der Waals surface area contributed by atoms with E-state index < -0.39 is 12.1 Å². The summed E-state index contributed by atoms with van der Waals surface area (Å²) in [5.41, 5.74) is 0.788. The molecule has 0 aliphatic heterocycles. The molecule has 1 aromatic carbocycles. The van der Waals surface area contributed by atoms with Crippen LogP contribution in [0.25, 0.3) is 0 Å². The van der Waals surface area contributed by atoms with E-state index >= 15 is 0 Å². The van der Waals surface area contributed by atoms with Crippen LogP contribution in [0.15, 0.2) is 18.2 Å². The molecule has 0 bridgehead atoms. The molecule has 0 aromatic heterocycles. The third-order valence-corrected chi connectivity index (χ3v) is 5.95. The van der Waals surface area contributed by atoms with Crippen LogP contribution in [0, 0.1) is 5.92 Å².